The smallest absolute Gasteiger partial charge is 0.271 e. The Bertz CT molecular complexity index is 1740. The number of halogens is 2. The van der Waals surface area contributed by atoms with Gasteiger partial charge in [-0.25, -0.2) is 8.78 Å². The number of rotatable bonds is 10. The first kappa shape index (κ1) is 29.0. The van der Waals surface area contributed by atoms with Crippen LogP contribution in [0.3, 0.4) is 0 Å². The van der Waals surface area contributed by atoms with Crippen molar-refractivity contribution in [3.05, 3.63) is 126 Å². The van der Waals surface area contributed by atoms with Gasteiger partial charge in [0.1, 0.15) is 41.9 Å². The number of fused-ring (bicyclic) bond motifs is 1. The molecule has 0 unspecified atom stereocenters. The molecule has 43 heavy (non-hydrogen) atoms. The molecular weight excluding hydrogens is 554 g/mol. The van der Waals surface area contributed by atoms with Crippen molar-refractivity contribution < 1.29 is 27.9 Å². The largest absolute Gasteiger partial charge is 0.457 e. The van der Waals surface area contributed by atoms with Crippen LogP contribution in [0.4, 0.5) is 14.5 Å². The Hall–Kier alpha value is -5.51. The molecule has 0 bridgehead atoms. The fourth-order valence-electron chi connectivity index (χ4n) is 4.44. The molecule has 4 aromatic carbocycles. The summed E-state index contributed by atoms with van der Waals surface area (Å²) < 4.78 is 32.6. The summed E-state index contributed by atoms with van der Waals surface area (Å²) in [5, 5.41) is 3.22. The predicted octanol–water partition coefficient (Wildman–Crippen LogP) is 5.98. The molecule has 0 radical (unpaired) electrons. The third-order valence-electron chi connectivity index (χ3n) is 6.64. The summed E-state index contributed by atoms with van der Waals surface area (Å²) in [6.07, 6.45) is 0. The standard InChI is InChI=1S/C33H28F2N4O4/c1-38(19-22-5-3-2-4-6-22)32(41)21-39(33(42)30-18-23-17-25(35)9-16-29(23)37-30)20-31(40)36-26-10-14-28(15-11-26)43-27-12-7-24(34)8-13-27/h2-18,37H,19-21H2,1H3,(H,36,40). The van der Waals surface area contributed by atoms with Crippen LogP contribution in [0.2, 0.25) is 0 Å². The van der Waals surface area contributed by atoms with Crippen LogP contribution in [0.25, 0.3) is 10.9 Å². The Morgan fingerprint density at radius 3 is 2.14 bits per heavy atom. The van der Waals surface area contributed by atoms with Crippen LogP contribution in [0.5, 0.6) is 11.5 Å². The van der Waals surface area contributed by atoms with E-state index in [1.165, 1.54) is 53.4 Å². The fourth-order valence-corrected chi connectivity index (χ4v) is 4.44. The third-order valence-corrected chi connectivity index (χ3v) is 6.64. The Balaban J connectivity index is 1.29. The monoisotopic (exact) mass is 582 g/mol. The highest BCUT2D eigenvalue weighted by molar-refractivity contribution is 6.02. The summed E-state index contributed by atoms with van der Waals surface area (Å²) >= 11 is 0. The molecule has 218 valence electrons. The number of aromatic amines is 1. The van der Waals surface area contributed by atoms with E-state index in [9.17, 15) is 23.2 Å². The molecule has 0 fully saturated rings. The minimum Gasteiger partial charge on any atom is -0.457 e. The number of nitrogens with one attached hydrogen (secondary N) is 2. The average Bonchev–Trinajstić information content (AvgIpc) is 3.42. The number of nitrogens with zero attached hydrogens (tertiary/aromatic N) is 2. The minimum absolute atomic E-state index is 0.120. The second-order valence-corrected chi connectivity index (χ2v) is 9.94. The van der Waals surface area contributed by atoms with E-state index in [-0.39, 0.29) is 24.0 Å². The number of aromatic nitrogens is 1. The van der Waals surface area contributed by atoms with Gasteiger partial charge < -0.3 is 24.8 Å². The van der Waals surface area contributed by atoms with Gasteiger partial charge in [0.25, 0.3) is 5.91 Å². The van der Waals surface area contributed by atoms with Crippen molar-refractivity contribution in [2.75, 3.05) is 25.5 Å². The van der Waals surface area contributed by atoms with E-state index in [2.05, 4.69) is 10.3 Å². The highest BCUT2D eigenvalue weighted by Crippen LogP contribution is 2.23. The molecule has 10 heteroatoms. The van der Waals surface area contributed by atoms with Crippen LogP contribution in [0.1, 0.15) is 16.1 Å². The summed E-state index contributed by atoms with van der Waals surface area (Å²) in [5.41, 5.74) is 2.02. The molecule has 0 atom stereocenters. The number of carbonyl (C=O) groups is 3. The Labute approximate surface area is 246 Å². The van der Waals surface area contributed by atoms with Gasteiger partial charge in [-0.05, 0) is 78.4 Å². The minimum atomic E-state index is -0.587. The zero-order chi connectivity index (χ0) is 30.3. The van der Waals surface area contributed by atoms with Gasteiger partial charge in [0.15, 0.2) is 0 Å². The van der Waals surface area contributed by atoms with E-state index >= 15 is 0 Å². The number of likely N-dealkylation sites (N-methyl/N-ethyl adjacent to an activating group) is 1. The second-order valence-electron chi connectivity index (χ2n) is 9.94. The normalized spacial score (nSPS) is 10.8. The summed E-state index contributed by atoms with van der Waals surface area (Å²) in [7, 11) is 1.62. The zero-order valence-electron chi connectivity index (χ0n) is 23.2. The number of hydrogen-bond donors (Lipinski definition) is 2. The number of amides is 3. The molecule has 5 rings (SSSR count). The SMILES string of the molecule is CN(Cc1ccccc1)C(=O)CN(CC(=O)Nc1ccc(Oc2ccc(F)cc2)cc1)C(=O)c1cc2cc(F)ccc2[nH]1. The first-order chi connectivity index (χ1) is 20.7. The molecule has 1 heterocycles. The van der Waals surface area contributed by atoms with E-state index in [0.29, 0.717) is 34.6 Å². The van der Waals surface area contributed by atoms with Gasteiger partial charge in [-0.3, -0.25) is 14.4 Å². The van der Waals surface area contributed by atoms with E-state index in [4.69, 9.17) is 4.74 Å². The number of ether oxygens (including phenoxy) is 1. The van der Waals surface area contributed by atoms with Crippen LogP contribution < -0.4 is 10.1 Å². The average molecular weight is 583 g/mol. The molecule has 0 saturated carbocycles. The quantitative estimate of drug-likeness (QED) is 0.212. The highest BCUT2D eigenvalue weighted by atomic mass is 19.1. The maximum atomic E-state index is 13.7. The van der Waals surface area contributed by atoms with Gasteiger partial charge in [-0.1, -0.05) is 30.3 Å². The second kappa shape index (κ2) is 13.0. The molecule has 5 aromatic rings. The molecular formula is C33H28F2N4O4. The van der Waals surface area contributed by atoms with E-state index < -0.39 is 24.2 Å². The number of anilines is 1. The van der Waals surface area contributed by atoms with Crippen LogP contribution in [-0.2, 0) is 16.1 Å². The Morgan fingerprint density at radius 1 is 0.791 bits per heavy atom. The van der Waals surface area contributed by atoms with Crippen molar-refractivity contribution in [2.24, 2.45) is 0 Å². The lowest BCUT2D eigenvalue weighted by molar-refractivity contribution is -0.131. The summed E-state index contributed by atoms with van der Waals surface area (Å²) in [6.45, 7) is -0.447. The molecule has 0 aliphatic carbocycles. The van der Waals surface area contributed by atoms with Crippen molar-refractivity contribution in [3.63, 3.8) is 0 Å². The van der Waals surface area contributed by atoms with Crippen molar-refractivity contribution in [1.29, 1.82) is 0 Å². The molecule has 0 spiro atoms. The van der Waals surface area contributed by atoms with Crippen LogP contribution >= 0.6 is 0 Å². The van der Waals surface area contributed by atoms with Gasteiger partial charge in [-0.15, -0.1) is 0 Å². The molecule has 0 saturated heterocycles. The van der Waals surface area contributed by atoms with Gasteiger partial charge in [0.2, 0.25) is 11.8 Å². The molecule has 0 aliphatic heterocycles. The van der Waals surface area contributed by atoms with E-state index in [0.717, 1.165) is 10.5 Å². The van der Waals surface area contributed by atoms with Gasteiger partial charge in [0.05, 0.1) is 0 Å². The summed E-state index contributed by atoms with van der Waals surface area (Å²) in [5.74, 6) is -1.38. The van der Waals surface area contributed by atoms with Crippen molar-refractivity contribution in [1.82, 2.24) is 14.8 Å². The lowest BCUT2D eigenvalue weighted by atomic mass is 10.2. The third kappa shape index (κ3) is 7.62. The maximum Gasteiger partial charge on any atom is 0.271 e. The zero-order valence-corrected chi connectivity index (χ0v) is 23.2. The Kier molecular flexibility index (Phi) is 8.76. The predicted molar refractivity (Wildman–Crippen MR) is 159 cm³/mol. The summed E-state index contributed by atoms with van der Waals surface area (Å²) in [4.78, 5) is 45.4. The first-order valence-corrected chi connectivity index (χ1v) is 13.4. The van der Waals surface area contributed by atoms with Crippen molar-refractivity contribution >= 4 is 34.3 Å². The van der Waals surface area contributed by atoms with Gasteiger partial charge in [0, 0.05) is 30.2 Å². The number of benzene rings is 4. The Morgan fingerprint density at radius 2 is 1.44 bits per heavy atom. The molecule has 3 amide bonds. The van der Waals surface area contributed by atoms with Crippen molar-refractivity contribution in [2.45, 2.75) is 6.54 Å². The van der Waals surface area contributed by atoms with Gasteiger partial charge in [-0.2, -0.15) is 0 Å². The fraction of sp³-hybridized carbons (Fsp3) is 0.121. The van der Waals surface area contributed by atoms with Crippen LogP contribution in [0, 0.1) is 11.6 Å². The molecule has 0 aliphatic rings. The lowest BCUT2D eigenvalue weighted by Crippen LogP contribution is -2.44. The molecule has 8 nitrogen and oxygen atoms in total. The molecule has 1 aromatic heterocycles. The first-order valence-electron chi connectivity index (χ1n) is 13.4. The number of carbonyl (C=O) groups excluding carboxylic acids is 3. The number of hydrogen-bond acceptors (Lipinski definition) is 4. The van der Waals surface area contributed by atoms with Crippen LogP contribution in [-0.4, -0.2) is 52.6 Å². The topological polar surface area (TPSA) is 94.7 Å². The highest BCUT2D eigenvalue weighted by Gasteiger charge is 2.25. The van der Waals surface area contributed by atoms with Crippen molar-refractivity contribution in [3.8, 4) is 11.5 Å². The maximum absolute atomic E-state index is 13.7. The lowest BCUT2D eigenvalue weighted by Gasteiger charge is -2.25. The van der Waals surface area contributed by atoms with Gasteiger partial charge >= 0.3 is 0 Å². The number of H-pyrrole nitrogens is 1. The van der Waals surface area contributed by atoms with Crippen LogP contribution in [0.15, 0.2) is 103 Å². The van der Waals surface area contributed by atoms with E-state index in [1.807, 2.05) is 30.3 Å². The van der Waals surface area contributed by atoms with E-state index in [1.54, 1.807) is 31.3 Å². The summed E-state index contributed by atoms with van der Waals surface area (Å²) in [6, 6.07) is 27.0. The molecule has 2 N–H and O–H groups in total.